The molecule has 2 aromatic rings. The minimum atomic E-state index is -0.743. The van der Waals surface area contributed by atoms with Crippen LogP contribution in [0.25, 0.3) is 0 Å². The summed E-state index contributed by atoms with van der Waals surface area (Å²) in [5.41, 5.74) is 4.67. The number of esters is 1. The zero-order valence-electron chi connectivity index (χ0n) is 19.7. The Labute approximate surface area is 194 Å². The minimum Gasteiger partial charge on any atom is -0.461 e. The van der Waals surface area contributed by atoms with E-state index in [9.17, 15) is 14.4 Å². The maximum atomic E-state index is 13.3. The van der Waals surface area contributed by atoms with Gasteiger partial charge in [0.05, 0.1) is 18.8 Å². The van der Waals surface area contributed by atoms with Gasteiger partial charge in [0.1, 0.15) is 11.8 Å². The molecule has 0 spiro atoms. The van der Waals surface area contributed by atoms with E-state index in [0.29, 0.717) is 5.69 Å². The summed E-state index contributed by atoms with van der Waals surface area (Å²) < 4.78 is 5.07. The van der Waals surface area contributed by atoms with Crippen molar-refractivity contribution in [3.63, 3.8) is 0 Å². The van der Waals surface area contributed by atoms with Gasteiger partial charge < -0.3 is 15.0 Å². The largest absolute Gasteiger partial charge is 0.461 e. The molecule has 1 aliphatic heterocycles. The molecule has 0 bridgehead atoms. The van der Waals surface area contributed by atoms with Gasteiger partial charge in [-0.3, -0.25) is 14.6 Å². The highest BCUT2D eigenvalue weighted by Gasteiger charge is 2.38. The molecule has 0 fully saturated rings. The van der Waals surface area contributed by atoms with Gasteiger partial charge in [0.25, 0.3) is 0 Å². The van der Waals surface area contributed by atoms with E-state index < -0.39 is 12.0 Å². The van der Waals surface area contributed by atoms with Crippen LogP contribution in [-0.4, -0.2) is 54.6 Å². The number of rotatable bonds is 7. The van der Waals surface area contributed by atoms with Crippen LogP contribution in [0.1, 0.15) is 30.0 Å². The molecule has 1 unspecified atom stereocenters. The number of anilines is 2. The molecule has 1 N–H and O–H groups in total. The van der Waals surface area contributed by atoms with Gasteiger partial charge in [0.15, 0.2) is 0 Å². The van der Waals surface area contributed by atoms with Crippen molar-refractivity contribution in [1.29, 1.82) is 0 Å². The van der Waals surface area contributed by atoms with E-state index in [1.807, 2.05) is 63.2 Å². The Hall–Kier alpha value is -3.68. The average molecular weight is 451 g/mol. The van der Waals surface area contributed by atoms with E-state index in [-0.39, 0.29) is 37.1 Å². The molecule has 33 heavy (non-hydrogen) atoms. The minimum absolute atomic E-state index is 0.106. The van der Waals surface area contributed by atoms with Gasteiger partial charge in [0.2, 0.25) is 11.8 Å². The monoisotopic (exact) mass is 450 g/mol. The molecular formula is C25H30N4O4. The Balaban J connectivity index is 1.74. The van der Waals surface area contributed by atoms with Crippen molar-refractivity contribution in [2.45, 2.75) is 40.2 Å². The topological polar surface area (TPSA) is 91.3 Å². The van der Waals surface area contributed by atoms with Crippen LogP contribution < -0.4 is 10.3 Å². The van der Waals surface area contributed by atoms with E-state index in [2.05, 4.69) is 10.4 Å². The number of likely N-dealkylation sites (N-methyl/N-ethyl adjacent to an activating group) is 1. The molecule has 3 rings (SSSR count). The lowest BCUT2D eigenvalue weighted by atomic mass is 10.1. The summed E-state index contributed by atoms with van der Waals surface area (Å²) in [4.78, 5) is 39.6. The fourth-order valence-corrected chi connectivity index (χ4v) is 3.96. The van der Waals surface area contributed by atoms with E-state index in [4.69, 9.17) is 4.74 Å². The third-order valence-electron chi connectivity index (χ3n) is 5.43. The van der Waals surface area contributed by atoms with Gasteiger partial charge in [-0.2, -0.15) is 5.10 Å². The normalized spacial score (nSPS) is 15.1. The molecule has 174 valence electrons. The molecule has 2 aromatic carbocycles. The number of hydrogen-bond acceptors (Lipinski definition) is 6. The fraction of sp³-hybridized carbons (Fsp3) is 0.360. The number of hydrogen-bond donors (Lipinski definition) is 1. The van der Waals surface area contributed by atoms with Gasteiger partial charge >= 0.3 is 5.97 Å². The second-order valence-corrected chi connectivity index (χ2v) is 8.18. The molecule has 1 atom stereocenters. The van der Waals surface area contributed by atoms with Crippen LogP contribution in [-0.2, 0) is 19.1 Å². The van der Waals surface area contributed by atoms with Crippen molar-refractivity contribution >= 4 is 34.9 Å². The summed E-state index contributed by atoms with van der Waals surface area (Å²) in [7, 11) is 1.57. The van der Waals surface area contributed by atoms with Crippen LogP contribution in [0.15, 0.2) is 47.6 Å². The number of aryl methyl sites for hydroxylation is 3. The highest BCUT2D eigenvalue weighted by Crippen LogP contribution is 2.26. The number of nitrogens with zero attached hydrogens (tertiary/aromatic N) is 3. The molecule has 8 nitrogen and oxygen atoms in total. The lowest BCUT2D eigenvalue weighted by Gasteiger charge is -2.27. The average Bonchev–Trinajstić information content (AvgIpc) is 3.22. The first-order valence-electron chi connectivity index (χ1n) is 10.9. The maximum Gasteiger partial charge on any atom is 0.354 e. The Morgan fingerprint density at radius 2 is 1.76 bits per heavy atom. The van der Waals surface area contributed by atoms with Crippen molar-refractivity contribution < 1.29 is 19.1 Å². The van der Waals surface area contributed by atoms with Crippen molar-refractivity contribution in [1.82, 2.24) is 4.90 Å². The van der Waals surface area contributed by atoms with E-state index in [0.717, 1.165) is 22.4 Å². The van der Waals surface area contributed by atoms with Crippen molar-refractivity contribution in [2.24, 2.45) is 5.10 Å². The Morgan fingerprint density at radius 1 is 1.12 bits per heavy atom. The predicted octanol–water partition coefficient (Wildman–Crippen LogP) is 3.21. The lowest BCUT2D eigenvalue weighted by Crippen LogP contribution is -2.46. The van der Waals surface area contributed by atoms with E-state index in [1.165, 1.54) is 9.91 Å². The highest BCUT2D eigenvalue weighted by atomic mass is 16.5. The number of amides is 2. The van der Waals surface area contributed by atoms with Gasteiger partial charge in [0, 0.05) is 19.2 Å². The quantitative estimate of drug-likeness (QED) is 0.654. The van der Waals surface area contributed by atoms with Crippen LogP contribution in [0.3, 0.4) is 0 Å². The molecule has 2 amide bonds. The Morgan fingerprint density at radius 3 is 2.36 bits per heavy atom. The third kappa shape index (κ3) is 5.58. The predicted molar refractivity (Wildman–Crippen MR) is 128 cm³/mol. The Kier molecular flexibility index (Phi) is 7.48. The number of ether oxygens (including phenoxy) is 1. The first kappa shape index (κ1) is 24.0. The molecule has 0 saturated carbocycles. The first-order valence-corrected chi connectivity index (χ1v) is 10.9. The fourth-order valence-electron chi connectivity index (χ4n) is 3.96. The van der Waals surface area contributed by atoms with Crippen LogP contribution in [0.5, 0.6) is 0 Å². The zero-order chi connectivity index (χ0) is 24.1. The number of para-hydroxylation sites is 1. The molecule has 0 saturated heterocycles. The first-order chi connectivity index (χ1) is 15.7. The maximum absolute atomic E-state index is 13.3. The van der Waals surface area contributed by atoms with E-state index in [1.54, 1.807) is 14.0 Å². The van der Waals surface area contributed by atoms with Gasteiger partial charge in [-0.15, -0.1) is 0 Å². The number of hydrazone groups is 1. The summed E-state index contributed by atoms with van der Waals surface area (Å²) in [6.45, 7) is 7.70. The van der Waals surface area contributed by atoms with Gasteiger partial charge in [-0.1, -0.05) is 35.9 Å². The molecular weight excluding hydrogens is 420 g/mol. The third-order valence-corrected chi connectivity index (χ3v) is 5.43. The summed E-state index contributed by atoms with van der Waals surface area (Å²) in [6, 6.07) is 12.4. The molecule has 1 heterocycles. The molecule has 0 radical (unpaired) electrons. The van der Waals surface area contributed by atoms with Crippen LogP contribution in [0, 0.1) is 20.8 Å². The zero-order valence-corrected chi connectivity index (χ0v) is 19.7. The smallest absolute Gasteiger partial charge is 0.354 e. The molecule has 8 heteroatoms. The highest BCUT2D eigenvalue weighted by molar-refractivity contribution is 6.38. The standard InChI is InChI=1S/C25H30N4O4/c1-6-33-25(32)20-14-21(29(27-20)19-10-8-7-9-11-19)24(31)28(5)15-22(30)26-23-17(3)12-16(2)13-18(23)4/h7-13,21H,6,14-15H2,1-5H3,(H,26,30). The van der Waals surface area contributed by atoms with Crippen LogP contribution in [0.2, 0.25) is 0 Å². The summed E-state index contributed by atoms with van der Waals surface area (Å²) in [5, 5.41) is 8.81. The van der Waals surface area contributed by atoms with Crippen molar-refractivity contribution in [3.05, 3.63) is 59.2 Å². The number of carbonyl (C=O) groups is 3. The lowest BCUT2D eigenvalue weighted by molar-refractivity contribution is -0.135. The van der Waals surface area contributed by atoms with Crippen LogP contribution >= 0.6 is 0 Å². The summed E-state index contributed by atoms with van der Waals surface area (Å²) in [6.07, 6.45) is 0.106. The Bertz CT molecular complexity index is 1060. The second kappa shape index (κ2) is 10.3. The summed E-state index contributed by atoms with van der Waals surface area (Å²) in [5.74, 6) is -1.15. The van der Waals surface area contributed by atoms with Crippen molar-refractivity contribution in [3.8, 4) is 0 Å². The van der Waals surface area contributed by atoms with Gasteiger partial charge in [-0.05, 0) is 51.0 Å². The number of carbonyl (C=O) groups excluding carboxylic acids is 3. The van der Waals surface area contributed by atoms with Crippen LogP contribution in [0.4, 0.5) is 11.4 Å². The molecule has 0 aromatic heterocycles. The van der Waals surface area contributed by atoms with E-state index >= 15 is 0 Å². The molecule has 1 aliphatic rings. The second-order valence-electron chi connectivity index (χ2n) is 8.18. The number of nitrogens with one attached hydrogen (secondary N) is 1. The molecule has 0 aliphatic carbocycles. The van der Waals surface area contributed by atoms with Gasteiger partial charge in [-0.25, -0.2) is 4.79 Å². The number of benzene rings is 2. The SMILES string of the molecule is CCOC(=O)C1=NN(c2ccccc2)C(C(=O)N(C)CC(=O)Nc2c(C)cc(C)cc2C)C1. The summed E-state index contributed by atoms with van der Waals surface area (Å²) >= 11 is 0. The van der Waals surface area contributed by atoms with Crippen molar-refractivity contribution in [2.75, 3.05) is 30.5 Å².